The molecule has 2 atom stereocenters. The van der Waals surface area contributed by atoms with Crippen LogP contribution in [0.3, 0.4) is 0 Å². The number of nitrogens with one attached hydrogen (secondary N) is 1. The number of anilines is 1. The number of carboxylic acids is 2. The third-order valence-electron chi connectivity index (χ3n) is 10.9. The predicted molar refractivity (Wildman–Crippen MR) is 260 cm³/mol. The predicted octanol–water partition coefficient (Wildman–Crippen LogP) is 9.20. The zero-order chi connectivity index (χ0) is 56.5. The van der Waals surface area contributed by atoms with Gasteiger partial charge in [-0.15, -0.1) is 0 Å². The average Bonchev–Trinajstić information content (AvgIpc) is 3.97. The molecule has 3 aromatic heterocycles. The number of rotatable bonds is 17. The van der Waals surface area contributed by atoms with E-state index in [-0.39, 0.29) is 69.0 Å². The van der Waals surface area contributed by atoms with Gasteiger partial charge in [0.15, 0.2) is 11.5 Å². The van der Waals surface area contributed by atoms with Gasteiger partial charge in [-0.05, 0) is 87.4 Å². The topological polar surface area (TPSA) is 193 Å². The van der Waals surface area contributed by atoms with Crippen molar-refractivity contribution < 1.29 is 77.5 Å². The summed E-state index contributed by atoms with van der Waals surface area (Å²) in [5, 5.41) is 28.1. The van der Waals surface area contributed by atoms with E-state index in [0.29, 0.717) is 29.1 Å². The Bertz CT molecular complexity index is 2980. The van der Waals surface area contributed by atoms with E-state index in [1.807, 2.05) is 13.8 Å². The van der Waals surface area contributed by atoms with Crippen LogP contribution < -0.4 is 9.62 Å². The highest BCUT2D eigenvalue weighted by atomic mass is 35.5. The zero-order valence-corrected chi connectivity index (χ0v) is 43.3. The van der Waals surface area contributed by atoms with Gasteiger partial charge in [-0.25, -0.2) is 18.1 Å². The second-order valence-corrected chi connectivity index (χ2v) is 19.6. The van der Waals surface area contributed by atoms with Crippen molar-refractivity contribution in [3.63, 3.8) is 0 Å². The molecule has 6 rings (SSSR count). The van der Waals surface area contributed by atoms with Crippen LogP contribution in [0.1, 0.15) is 81.0 Å². The Morgan fingerprint density at radius 3 is 2.08 bits per heavy atom. The number of carbonyl (C=O) groups is 4. The van der Waals surface area contributed by atoms with Gasteiger partial charge in [-0.3, -0.25) is 37.7 Å². The minimum atomic E-state index is -4.89. The summed E-state index contributed by atoms with van der Waals surface area (Å²) in [7, 11) is -1.41. The second kappa shape index (κ2) is 25.1. The lowest BCUT2D eigenvalue weighted by Gasteiger charge is -2.23. The fraction of sp³-hybridized carbons (Fsp3) is 0.426. The first-order valence-corrected chi connectivity index (χ1v) is 25.4. The van der Waals surface area contributed by atoms with Crippen molar-refractivity contribution in [2.75, 3.05) is 36.5 Å². The quantitative estimate of drug-likeness (QED) is 0.0347. The number of benzene rings is 2. The molecule has 3 N–H and O–H groups in total. The van der Waals surface area contributed by atoms with Crippen LogP contribution in [0.5, 0.6) is 0 Å². The minimum Gasteiger partial charge on any atom is -0.480 e. The summed E-state index contributed by atoms with van der Waals surface area (Å²) in [5.41, 5.74) is -2.11. The highest BCUT2D eigenvalue weighted by Crippen LogP contribution is 2.47. The molecular weight excluding hydrogens is 1080 g/mol. The lowest BCUT2D eigenvalue weighted by atomic mass is 9.94. The summed E-state index contributed by atoms with van der Waals surface area (Å²) in [4.78, 5) is 53.9. The van der Waals surface area contributed by atoms with E-state index >= 15 is 0 Å². The Hall–Kier alpha value is -6.24. The maximum Gasteiger partial charge on any atom is 0.435 e. The molecule has 0 saturated carbocycles. The van der Waals surface area contributed by atoms with Crippen molar-refractivity contribution in [3.8, 4) is 23.0 Å². The van der Waals surface area contributed by atoms with E-state index in [2.05, 4.69) is 32.3 Å². The summed E-state index contributed by atoms with van der Waals surface area (Å²) < 4.78 is 149. The standard InChI is InChI=1S/C36H34ClF5N6O7S2.C9H9F5N2.C2H6/c1-35(2,57(4)55)10-9-23-5-6-24(32(44-23)27(43-19-49)13-20-11-21(38)14-22(39)12-20)25-7-8-26(37)31-33(25)47(18-36(40,41)42)45-34(31)48(56-3)28(50)15-46(16-29(51)52)17-30(53)54;1-2-16-7-5(3-4-8(7,10)11)6(15-16)9(12,13)14;1-2/h5-8,11-12,14,19,27H,13,15-18H2,1-4H3,(H,43,49)(H,51,52)(H,53,54);2-4H2,1H3;1-2H3. The number of aryl methyl sites for hydroxylation is 1. The van der Waals surface area contributed by atoms with Crippen LogP contribution in [-0.4, -0.2) is 111 Å². The number of hydrogen-bond donors (Lipinski definition) is 3. The Balaban J connectivity index is 0.000000567. The SMILES string of the molecule is CC.CCn1nc(C(F)(F)F)c2c1C(F)(F)CC2.CSN(C(=O)CN(CC(=O)O)CC(=O)O)c1nn(CC(F)(F)F)c2c(-c3ccc(C#CC(C)(C)S(C)=O)nc3C(Cc3cc(F)cc(F)c3)NC=O)ccc(Cl)c12. The van der Waals surface area contributed by atoms with Gasteiger partial charge in [0, 0.05) is 59.0 Å². The zero-order valence-electron chi connectivity index (χ0n) is 40.9. The fourth-order valence-corrected chi connectivity index (χ4v) is 8.62. The third kappa shape index (κ3) is 15.4. The molecule has 0 aliphatic heterocycles. The number of aliphatic carboxylic acids is 2. The monoisotopic (exact) mass is 1130 g/mol. The third-order valence-corrected chi connectivity index (χ3v) is 13.5. The molecule has 0 fully saturated rings. The fourth-order valence-electron chi connectivity index (χ4n) is 7.63. The molecule has 75 heavy (non-hydrogen) atoms. The minimum absolute atomic E-state index is 0.00408. The van der Waals surface area contributed by atoms with Crippen molar-refractivity contribution in [1.82, 2.24) is 34.8 Å². The number of halogens is 11. The number of pyridine rings is 1. The number of carbonyl (C=O) groups excluding carboxylic acids is 2. The maximum absolute atomic E-state index is 14.3. The van der Waals surface area contributed by atoms with E-state index in [9.17, 15) is 77.5 Å². The van der Waals surface area contributed by atoms with Crippen molar-refractivity contribution in [3.05, 3.63) is 93.0 Å². The second-order valence-electron chi connectivity index (χ2n) is 16.6. The smallest absolute Gasteiger partial charge is 0.435 e. The van der Waals surface area contributed by atoms with Gasteiger partial charge >= 0.3 is 24.3 Å². The van der Waals surface area contributed by atoms with E-state index in [1.54, 1.807) is 13.8 Å². The van der Waals surface area contributed by atoms with Crippen LogP contribution in [0.4, 0.5) is 49.7 Å². The van der Waals surface area contributed by atoms with E-state index in [4.69, 9.17) is 11.6 Å². The first-order valence-electron chi connectivity index (χ1n) is 22.3. The maximum atomic E-state index is 14.3. The van der Waals surface area contributed by atoms with E-state index < -0.39 is 119 Å². The number of nitrogens with zero attached hydrogens (tertiary/aromatic N) is 7. The molecule has 15 nitrogen and oxygen atoms in total. The number of carboxylic acid groups (broad SMARTS) is 2. The highest BCUT2D eigenvalue weighted by Gasteiger charge is 2.50. The summed E-state index contributed by atoms with van der Waals surface area (Å²) in [5.74, 6) is -3.54. The van der Waals surface area contributed by atoms with E-state index in [0.717, 1.165) is 26.0 Å². The summed E-state index contributed by atoms with van der Waals surface area (Å²) in [6, 6.07) is 7.04. The molecule has 2 unspecified atom stereocenters. The van der Waals surface area contributed by atoms with Crippen molar-refractivity contribution >= 4 is 75.3 Å². The number of alkyl halides is 8. The largest absolute Gasteiger partial charge is 0.480 e. The average molecular weight is 1130 g/mol. The van der Waals surface area contributed by atoms with Gasteiger partial charge in [0.05, 0.1) is 47.3 Å². The van der Waals surface area contributed by atoms with Gasteiger partial charge in [0.1, 0.15) is 34.3 Å². The van der Waals surface area contributed by atoms with Crippen LogP contribution in [0.25, 0.3) is 22.0 Å². The molecule has 3 heterocycles. The molecule has 1 aliphatic carbocycles. The van der Waals surface area contributed by atoms with Crippen LogP contribution in [0.2, 0.25) is 5.02 Å². The molecule has 2 aromatic carbocycles. The molecule has 2 amide bonds. The molecule has 0 saturated heterocycles. The van der Waals surface area contributed by atoms with Crippen LogP contribution in [0.15, 0.2) is 42.5 Å². The number of aromatic nitrogens is 5. The summed E-state index contributed by atoms with van der Waals surface area (Å²) in [6.07, 6.45) is -7.51. The van der Waals surface area contributed by atoms with Gasteiger partial charge in [0.2, 0.25) is 6.41 Å². The van der Waals surface area contributed by atoms with Crippen molar-refractivity contribution in [2.45, 2.75) is 96.0 Å². The molecule has 0 radical (unpaired) electrons. The lowest BCUT2D eigenvalue weighted by Crippen LogP contribution is -2.42. The Kier molecular flexibility index (Phi) is 20.5. The van der Waals surface area contributed by atoms with Crippen LogP contribution in [-0.2, 0) is 68.0 Å². The summed E-state index contributed by atoms with van der Waals surface area (Å²) >= 11 is 7.33. The lowest BCUT2D eigenvalue weighted by molar-refractivity contribution is -0.143. The first kappa shape index (κ1) is 61.3. The number of hydrogen-bond acceptors (Lipinski definition) is 10. The highest BCUT2D eigenvalue weighted by molar-refractivity contribution is 8.00. The molecule has 0 bridgehead atoms. The molecule has 1 aliphatic rings. The Morgan fingerprint density at radius 1 is 0.960 bits per heavy atom. The Morgan fingerprint density at radius 2 is 1.56 bits per heavy atom. The Labute approximate surface area is 434 Å². The molecular formula is C47H49ClF10N8O7S2. The van der Waals surface area contributed by atoms with Crippen LogP contribution >= 0.6 is 23.5 Å². The molecule has 0 spiro atoms. The van der Waals surface area contributed by atoms with Crippen LogP contribution in [0, 0.1) is 23.5 Å². The van der Waals surface area contributed by atoms with Crippen molar-refractivity contribution in [1.29, 1.82) is 0 Å². The number of fused-ring (bicyclic) bond motifs is 2. The van der Waals surface area contributed by atoms with Gasteiger partial charge in [-0.2, -0.15) is 45.3 Å². The first-order chi connectivity index (χ1) is 34.9. The molecule has 5 aromatic rings. The summed E-state index contributed by atoms with van der Waals surface area (Å²) in [6.45, 7) is 4.56. The van der Waals surface area contributed by atoms with E-state index in [1.165, 1.54) is 43.7 Å². The van der Waals surface area contributed by atoms with Gasteiger partial charge < -0.3 is 15.5 Å². The molecule has 408 valence electrons. The van der Waals surface area contributed by atoms with Gasteiger partial charge in [0.25, 0.3) is 11.8 Å². The number of amides is 2. The molecule has 28 heteroatoms. The van der Waals surface area contributed by atoms with Gasteiger partial charge in [-0.1, -0.05) is 37.4 Å². The normalized spacial score (nSPS) is 13.9. The van der Waals surface area contributed by atoms with Crippen molar-refractivity contribution in [2.24, 2.45) is 0 Å².